The third kappa shape index (κ3) is 8.33. The molecule has 0 atom stereocenters. The zero-order valence-electron chi connectivity index (χ0n) is 47.5. The lowest BCUT2D eigenvalue weighted by atomic mass is 9.90. The molecule has 0 saturated carbocycles. The lowest BCUT2D eigenvalue weighted by Gasteiger charge is -2.15. The zero-order chi connectivity index (χ0) is 57.8. The minimum Gasteiger partial charge on any atom is -0.309 e. The lowest BCUT2D eigenvalue weighted by Crippen LogP contribution is -2.04. The van der Waals surface area contributed by atoms with Crippen molar-refractivity contribution in [3.63, 3.8) is 0 Å². The van der Waals surface area contributed by atoms with Crippen LogP contribution in [0, 0.1) is 0 Å². The molecule has 0 N–H and O–H groups in total. The Balaban J connectivity index is 0.824. The van der Waals surface area contributed by atoms with E-state index in [-0.39, 0.29) is 0 Å². The molecule has 0 spiro atoms. The highest BCUT2D eigenvalue weighted by Crippen LogP contribution is 2.43. The minimum atomic E-state index is 0.599. The van der Waals surface area contributed by atoms with E-state index in [1.165, 1.54) is 90.1 Å². The van der Waals surface area contributed by atoms with Crippen molar-refractivity contribution in [3.05, 3.63) is 303 Å². The molecule has 13 aromatic carbocycles. The predicted molar refractivity (Wildman–Crippen MR) is 375 cm³/mol. The quantitative estimate of drug-likeness (QED) is 0.144. The van der Waals surface area contributed by atoms with Crippen LogP contribution in [0.2, 0.25) is 0 Å². The largest absolute Gasteiger partial charge is 0.309 e. The highest BCUT2D eigenvalue weighted by atomic mass is 32.1. The van der Waals surface area contributed by atoms with E-state index < -0.39 is 0 Å². The Bertz CT molecular complexity index is 5830. The Hall–Kier alpha value is -11.0. The van der Waals surface area contributed by atoms with Crippen LogP contribution in [0.3, 0.4) is 0 Å². The molecule has 88 heavy (non-hydrogen) atoms. The van der Waals surface area contributed by atoms with Crippen LogP contribution in [-0.4, -0.2) is 19.1 Å². The first-order valence-corrected chi connectivity index (χ1v) is 31.5. The molecular formula is C82H50N4S2. The SMILES string of the molecule is c1ccc(-c2ccc(-c3cccc(-c4cc(-c5cccc(-n6c7ccccc7c7ccc(-c8ccc9sc%10ccccc%10c9c8)cc76)c5)nc(-n5c6ccccc6c6ccc(-c7ccc8sc9ccccc9c8c7)cc65)n4)c3)cc2-c2ccccc2)cc1. The van der Waals surface area contributed by atoms with Gasteiger partial charge in [0, 0.05) is 78.7 Å². The number of fused-ring (bicyclic) bond motifs is 12. The van der Waals surface area contributed by atoms with Crippen molar-refractivity contribution in [2.75, 3.05) is 0 Å². The molecule has 0 aliphatic rings. The third-order valence-corrected chi connectivity index (χ3v) is 20.1. The molecular weight excluding hydrogens is 1110 g/mol. The molecule has 0 amide bonds. The first-order chi connectivity index (χ1) is 43.6. The Morgan fingerprint density at radius 2 is 0.625 bits per heavy atom. The highest BCUT2D eigenvalue weighted by Gasteiger charge is 2.21. The first-order valence-electron chi connectivity index (χ1n) is 29.8. The molecule has 0 aliphatic heterocycles. The van der Waals surface area contributed by atoms with E-state index in [4.69, 9.17) is 9.97 Å². The summed E-state index contributed by atoms with van der Waals surface area (Å²) in [6.45, 7) is 0. The van der Waals surface area contributed by atoms with E-state index in [2.05, 4.69) is 312 Å². The number of hydrogen-bond acceptors (Lipinski definition) is 4. The fraction of sp³-hybridized carbons (Fsp3) is 0. The number of nitrogens with zero attached hydrogens (tertiary/aromatic N) is 4. The summed E-state index contributed by atoms with van der Waals surface area (Å²) < 4.78 is 9.91. The van der Waals surface area contributed by atoms with E-state index in [1.807, 2.05) is 22.7 Å². The fourth-order valence-corrected chi connectivity index (χ4v) is 15.7. The number of benzene rings is 13. The number of aromatic nitrogens is 4. The van der Waals surface area contributed by atoms with Crippen molar-refractivity contribution in [1.82, 2.24) is 19.1 Å². The summed E-state index contributed by atoms with van der Waals surface area (Å²) in [5, 5.41) is 9.86. The van der Waals surface area contributed by atoms with Crippen LogP contribution >= 0.6 is 22.7 Å². The van der Waals surface area contributed by atoms with Crippen LogP contribution in [0.1, 0.15) is 0 Å². The van der Waals surface area contributed by atoms with Gasteiger partial charge in [-0.15, -0.1) is 22.7 Å². The van der Waals surface area contributed by atoms with Crippen molar-refractivity contribution < 1.29 is 0 Å². The van der Waals surface area contributed by atoms with Gasteiger partial charge in [0.2, 0.25) is 5.95 Å². The number of rotatable bonds is 9. The average Bonchev–Trinajstić information content (AvgIpc) is 2.39. The summed E-state index contributed by atoms with van der Waals surface area (Å²) in [5.41, 5.74) is 20.7. The molecule has 4 nitrogen and oxygen atoms in total. The molecule has 410 valence electrons. The molecule has 0 saturated heterocycles. The van der Waals surface area contributed by atoms with Gasteiger partial charge in [-0.2, -0.15) is 0 Å². The zero-order valence-corrected chi connectivity index (χ0v) is 49.1. The van der Waals surface area contributed by atoms with Crippen LogP contribution in [0.4, 0.5) is 0 Å². The minimum absolute atomic E-state index is 0.599. The number of para-hydroxylation sites is 2. The molecule has 5 aromatic heterocycles. The summed E-state index contributed by atoms with van der Waals surface area (Å²) in [6.07, 6.45) is 0. The van der Waals surface area contributed by atoms with Gasteiger partial charge in [-0.3, -0.25) is 4.57 Å². The van der Waals surface area contributed by atoms with Crippen LogP contribution < -0.4 is 0 Å². The maximum atomic E-state index is 5.69. The van der Waals surface area contributed by atoms with Gasteiger partial charge in [-0.25, -0.2) is 9.97 Å². The van der Waals surface area contributed by atoms with Gasteiger partial charge < -0.3 is 4.57 Å². The molecule has 6 heteroatoms. The Kier molecular flexibility index (Phi) is 11.6. The summed E-state index contributed by atoms with van der Waals surface area (Å²) in [5.74, 6) is 0.599. The molecule has 0 bridgehead atoms. The smallest absolute Gasteiger partial charge is 0.235 e. The van der Waals surface area contributed by atoms with E-state index >= 15 is 0 Å². The monoisotopic (exact) mass is 1150 g/mol. The highest BCUT2D eigenvalue weighted by molar-refractivity contribution is 7.26. The van der Waals surface area contributed by atoms with Crippen LogP contribution in [0.15, 0.2) is 303 Å². The molecule has 0 radical (unpaired) electrons. The Morgan fingerprint density at radius 3 is 1.24 bits per heavy atom. The molecule has 5 heterocycles. The van der Waals surface area contributed by atoms with Gasteiger partial charge >= 0.3 is 0 Å². The second-order valence-electron chi connectivity index (χ2n) is 22.8. The van der Waals surface area contributed by atoms with Gasteiger partial charge in [-0.05, 0) is 147 Å². The summed E-state index contributed by atoms with van der Waals surface area (Å²) >= 11 is 3.70. The van der Waals surface area contributed by atoms with Gasteiger partial charge in [0.25, 0.3) is 0 Å². The van der Waals surface area contributed by atoms with E-state index in [0.29, 0.717) is 5.95 Å². The van der Waals surface area contributed by atoms with Crippen molar-refractivity contribution in [3.8, 4) is 89.8 Å². The molecule has 0 fully saturated rings. The van der Waals surface area contributed by atoms with Crippen molar-refractivity contribution in [2.45, 2.75) is 0 Å². The van der Waals surface area contributed by atoms with Crippen molar-refractivity contribution in [2.24, 2.45) is 0 Å². The second kappa shape index (κ2) is 20.3. The topological polar surface area (TPSA) is 35.6 Å². The van der Waals surface area contributed by atoms with Crippen LogP contribution in [-0.2, 0) is 0 Å². The predicted octanol–water partition coefficient (Wildman–Crippen LogP) is 23.1. The maximum Gasteiger partial charge on any atom is 0.235 e. The van der Waals surface area contributed by atoms with E-state index in [9.17, 15) is 0 Å². The van der Waals surface area contributed by atoms with E-state index in [1.54, 1.807) is 0 Å². The first kappa shape index (κ1) is 50.3. The molecule has 0 unspecified atom stereocenters. The second-order valence-corrected chi connectivity index (χ2v) is 25.0. The van der Waals surface area contributed by atoms with Gasteiger partial charge in [-0.1, -0.05) is 212 Å². The Labute approximate surface area is 515 Å². The average molecular weight is 1160 g/mol. The standard InChI is InChI=1S/C82H50N4S2/c1-3-17-51(18-4-1)62-38-33-54(45-69(62)52-19-5-2-6-20-52)53-21-15-22-59(43-53)72-50-73(84-82(83-72)86-75-30-12-8-26-64(75)66-40-35-58(49-77(66)86)56-37-42-81-71(47-56)68-28-10-14-32-79(68)88-81)60-23-16-24-61(44-60)85-74-29-11-7-25-63(74)65-39-34-57(48-76(65)85)55-36-41-80-70(46-55)67-27-9-13-31-78(67)87-80/h1-50H. The van der Waals surface area contributed by atoms with Crippen molar-refractivity contribution >= 4 is 107 Å². The normalized spacial score (nSPS) is 11.9. The fourth-order valence-electron chi connectivity index (χ4n) is 13.5. The van der Waals surface area contributed by atoms with Crippen LogP contribution in [0.5, 0.6) is 0 Å². The maximum absolute atomic E-state index is 5.69. The summed E-state index contributed by atoms with van der Waals surface area (Å²) in [4.78, 5) is 11.4. The van der Waals surface area contributed by atoms with Gasteiger partial charge in [0.15, 0.2) is 0 Å². The summed E-state index contributed by atoms with van der Waals surface area (Å²) in [6, 6.07) is 111. The summed E-state index contributed by atoms with van der Waals surface area (Å²) in [7, 11) is 0. The number of hydrogen-bond donors (Lipinski definition) is 0. The van der Waals surface area contributed by atoms with Gasteiger partial charge in [0.1, 0.15) is 0 Å². The third-order valence-electron chi connectivity index (χ3n) is 17.8. The Morgan fingerprint density at radius 1 is 0.216 bits per heavy atom. The lowest BCUT2D eigenvalue weighted by molar-refractivity contribution is 0.995. The molecule has 18 aromatic rings. The molecule has 18 rings (SSSR count). The van der Waals surface area contributed by atoms with Crippen molar-refractivity contribution in [1.29, 1.82) is 0 Å². The number of thiophene rings is 2. The molecule has 0 aliphatic carbocycles. The van der Waals surface area contributed by atoms with E-state index in [0.717, 1.165) is 77.7 Å². The van der Waals surface area contributed by atoms with Crippen LogP contribution in [0.25, 0.3) is 174 Å². The van der Waals surface area contributed by atoms with Gasteiger partial charge in [0.05, 0.1) is 33.5 Å².